The summed E-state index contributed by atoms with van der Waals surface area (Å²) in [6.45, 7) is 2.14. The molecule has 4 rings (SSSR count). The van der Waals surface area contributed by atoms with E-state index in [1.165, 1.54) is 31.7 Å². The van der Waals surface area contributed by atoms with Gasteiger partial charge in [0.05, 0.1) is 0 Å². The van der Waals surface area contributed by atoms with Crippen molar-refractivity contribution < 1.29 is 4.39 Å². The third-order valence-electron chi connectivity index (χ3n) is 4.26. The van der Waals surface area contributed by atoms with E-state index >= 15 is 0 Å². The van der Waals surface area contributed by atoms with Crippen molar-refractivity contribution in [1.82, 2.24) is 14.8 Å². The normalized spacial score (nSPS) is 18.1. The smallest absolute Gasteiger partial charge is 0.228 e. The van der Waals surface area contributed by atoms with Crippen molar-refractivity contribution >= 4 is 17.7 Å². The average Bonchev–Trinajstić information content (AvgIpc) is 3.06. The Morgan fingerprint density at radius 3 is 2.64 bits per heavy atom. The minimum atomic E-state index is -0.146. The summed E-state index contributed by atoms with van der Waals surface area (Å²) in [4.78, 5) is 2.33. The summed E-state index contributed by atoms with van der Waals surface area (Å²) >= 11 is 1.58. The number of halogens is 1. The van der Waals surface area contributed by atoms with E-state index in [-0.39, 0.29) is 5.82 Å². The van der Waals surface area contributed by atoms with Crippen molar-refractivity contribution in [2.24, 2.45) is 0 Å². The van der Waals surface area contributed by atoms with E-state index in [0.717, 1.165) is 29.8 Å². The fourth-order valence-electron chi connectivity index (χ4n) is 2.91. The molecule has 0 atom stereocenters. The predicted octanol–water partition coefficient (Wildman–Crippen LogP) is 3.64. The number of hydrogen-bond donors (Lipinski definition) is 0. The molecule has 2 heterocycles. The molecule has 2 aromatic rings. The lowest BCUT2D eigenvalue weighted by molar-refractivity contribution is 0.616. The Morgan fingerprint density at radius 2 is 1.91 bits per heavy atom. The molecule has 0 bridgehead atoms. The van der Waals surface area contributed by atoms with Gasteiger partial charge < -0.3 is 4.90 Å². The van der Waals surface area contributed by atoms with Gasteiger partial charge in [-0.05, 0) is 37.3 Å². The van der Waals surface area contributed by atoms with Gasteiger partial charge in [0.25, 0.3) is 0 Å². The molecule has 1 saturated heterocycles. The molecular formula is C16H19FN4S. The monoisotopic (exact) mass is 318 g/mol. The Kier molecular flexibility index (Phi) is 3.78. The van der Waals surface area contributed by atoms with Crippen LogP contribution in [0, 0.1) is 5.82 Å². The highest BCUT2D eigenvalue weighted by Gasteiger charge is 2.32. The van der Waals surface area contributed by atoms with Crippen LogP contribution in [0.1, 0.15) is 37.3 Å². The minimum Gasteiger partial charge on any atom is -0.341 e. The van der Waals surface area contributed by atoms with E-state index in [9.17, 15) is 4.39 Å². The minimum absolute atomic E-state index is 0.146. The summed E-state index contributed by atoms with van der Waals surface area (Å²) < 4.78 is 16.0. The van der Waals surface area contributed by atoms with Crippen LogP contribution in [-0.4, -0.2) is 27.9 Å². The van der Waals surface area contributed by atoms with E-state index in [2.05, 4.69) is 19.7 Å². The second-order valence-electron chi connectivity index (χ2n) is 5.96. The molecule has 6 heteroatoms. The van der Waals surface area contributed by atoms with Gasteiger partial charge in [0.2, 0.25) is 5.95 Å². The predicted molar refractivity (Wildman–Crippen MR) is 85.7 cm³/mol. The topological polar surface area (TPSA) is 34.0 Å². The van der Waals surface area contributed by atoms with Gasteiger partial charge in [-0.1, -0.05) is 30.0 Å². The van der Waals surface area contributed by atoms with Crippen LogP contribution in [0.5, 0.6) is 0 Å². The zero-order chi connectivity index (χ0) is 14.9. The molecule has 1 aliphatic carbocycles. The molecule has 0 spiro atoms. The number of hydrogen-bond acceptors (Lipinski definition) is 4. The maximum Gasteiger partial charge on any atom is 0.228 e. The molecule has 1 saturated carbocycles. The van der Waals surface area contributed by atoms with Crippen molar-refractivity contribution in [1.29, 1.82) is 0 Å². The summed E-state index contributed by atoms with van der Waals surface area (Å²) in [5, 5.41) is 9.72. The van der Waals surface area contributed by atoms with Crippen LogP contribution < -0.4 is 4.90 Å². The van der Waals surface area contributed by atoms with Crippen LogP contribution >= 0.6 is 11.8 Å². The van der Waals surface area contributed by atoms with Crippen molar-refractivity contribution in [3.05, 3.63) is 35.6 Å². The number of anilines is 1. The summed E-state index contributed by atoms with van der Waals surface area (Å²) in [6, 6.07) is 7.48. The second-order valence-corrected chi connectivity index (χ2v) is 6.90. The van der Waals surface area contributed by atoms with Crippen LogP contribution in [0.15, 0.2) is 29.4 Å². The molecule has 0 amide bonds. The first-order valence-electron chi connectivity index (χ1n) is 7.89. The molecule has 1 aromatic carbocycles. The number of aromatic nitrogens is 3. The lowest BCUT2D eigenvalue weighted by Crippen LogP contribution is -2.22. The van der Waals surface area contributed by atoms with Gasteiger partial charge in [-0.15, -0.1) is 10.2 Å². The molecule has 2 aliphatic rings. The van der Waals surface area contributed by atoms with E-state index in [1.807, 2.05) is 12.1 Å². The van der Waals surface area contributed by atoms with E-state index in [4.69, 9.17) is 0 Å². The zero-order valence-electron chi connectivity index (χ0n) is 12.4. The van der Waals surface area contributed by atoms with Crippen LogP contribution in [0.25, 0.3) is 0 Å². The van der Waals surface area contributed by atoms with Crippen LogP contribution in [0.4, 0.5) is 10.3 Å². The van der Waals surface area contributed by atoms with Crippen molar-refractivity contribution in [3.8, 4) is 0 Å². The van der Waals surface area contributed by atoms with Gasteiger partial charge in [-0.3, -0.25) is 4.57 Å². The fraction of sp³-hybridized carbons (Fsp3) is 0.500. The third kappa shape index (κ3) is 2.72. The number of thioether (sulfide) groups is 1. The van der Waals surface area contributed by atoms with Crippen molar-refractivity contribution in [2.45, 2.75) is 42.6 Å². The van der Waals surface area contributed by atoms with Crippen LogP contribution in [0.3, 0.4) is 0 Å². The van der Waals surface area contributed by atoms with Gasteiger partial charge in [0.1, 0.15) is 5.82 Å². The average molecular weight is 318 g/mol. The molecule has 4 nitrogen and oxygen atoms in total. The summed E-state index contributed by atoms with van der Waals surface area (Å²) in [6.07, 6.45) is 4.86. The summed E-state index contributed by atoms with van der Waals surface area (Å²) in [5.74, 6) is 1.46. The first-order chi connectivity index (χ1) is 10.8. The molecule has 1 aromatic heterocycles. The van der Waals surface area contributed by atoms with Crippen molar-refractivity contribution in [3.63, 3.8) is 0 Å². The standard InChI is InChI=1S/C16H19FN4S/c17-14-6-2-1-5-12(14)11-22-16-19-18-15(20-9-3-4-10-20)21(16)13-7-8-13/h1-2,5-6,13H,3-4,7-11H2. The number of nitrogens with zero attached hydrogens (tertiary/aromatic N) is 4. The maximum atomic E-state index is 13.8. The first kappa shape index (κ1) is 14.1. The highest BCUT2D eigenvalue weighted by atomic mass is 32.2. The molecular weight excluding hydrogens is 299 g/mol. The molecule has 22 heavy (non-hydrogen) atoms. The molecule has 116 valence electrons. The van der Waals surface area contributed by atoms with Gasteiger partial charge in [-0.2, -0.15) is 0 Å². The Morgan fingerprint density at radius 1 is 1.14 bits per heavy atom. The lowest BCUT2D eigenvalue weighted by atomic mass is 10.2. The zero-order valence-corrected chi connectivity index (χ0v) is 13.2. The van der Waals surface area contributed by atoms with Gasteiger partial charge in [0, 0.05) is 24.9 Å². The van der Waals surface area contributed by atoms with E-state index in [0.29, 0.717) is 11.8 Å². The third-order valence-corrected chi connectivity index (χ3v) is 5.25. The Labute approximate surface area is 133 Å². The summed E-state index contributed by atoms with van der Waals surface area (Å²) in [7, 11) is 0. The Bertz CT molecular complexity index is 662. The largest absolute Gasteiger partial charge is 0.341 e. The Hall–Kier alpha value is -1.56. The van der Waals surface area contributed by atoms with Gasteiger partial charge >= 0.3 is 0 Å². The SMILES string of the molecule is Fc1ccccc1CSc1nnc(N2CCCC2)n1C1CC1. The maximum absolute atomic E-state index is 13.8. The van der Waals surface area contributed by atoms with E-state index < -0.39 is 0 Å². The highest BCUT2D eigenvalue weighted by molar-refractivity contribution is 7.98. The number of benzene rings is 1. The second kappa shape index (κ2) is 5.91. The highest BCUT2D eigenvalue weighted by Crippen LogP contribution is 2.41. The van der Waals surface area contributed by atoms with Gasteiger partial charge in [-0.25, -0.2) is 4.39 Å². The fourth-order valence-corrected chi connectivity index (χ4v) is 3.90. The van der Waals surface area contributed by atoms with E-state index in [1.54, 1.807) is 17.8 Å². The quantitative estimate of drug-likeness (QED) is 0.788. The number of rotatable bonds is 5. The first-order valence-corrected chi connectivity index (χ1v) is 8.87. The lowest BCUT2D eigenvalue weighted by Gasteiger charge is -2.18. The molecule has 2 fully saturated rings. The van der Waals surface area contributed by atoms with Crippen molar-refractivity contribution in [2.75, 3.05) is 18.0 Å². The summed E-state index contributed by atoms with van der Waals surface area (Å²) in [5.41, 5.74) is 0.723. The molecule has 0 unspecified atom stereocenters. The van der Waals surface area contributed by atoms with Crippen LogP contribution in [-0.2, 0) is 5.75 Å². The van der Waals surface area contributed by atoms with Gasteiger partial charge in [0.15, 0.2) is 5.16 Å². The molecule has 0 radical (unpaired) electrons. The molecule has 0 N–H and O–H groups in total. The Balaban J connectivity index is 1.55. The van der Waals surface area contributed by atoms with Crippen LogP contribution in [0.2, 0.25) is 0 Å². The molecule has 1 aliphatic heterocycles.